The Morgan fingerprint density at radius 2 is 1.75 bits per heavy atom. The predicted octanol–water partition coefficient (Wildman–Crippen LogP) is 1.47. The van der Waals surface area contributed by atoms with Crippen molar-refractivity contribution in [3.8, 4) is 11.5 Å². The third kappa shape index (κ3) is 4.25. The first-order valence-corrected chi connectivity index (χ1v) is 9.38. The summed E-state index contributed by atoms with van der Waals surface area (Å²) in [6, 6.07) is 8.19. The summed E-state index contributed by atoms with van der Waals surface area (Å²) in [5.41, 5.74) is 0.267. The van der Waals surface area contributed by atoms with Crippen LogP contribution >= 0.6 is 11.3 Å². The second-order valence-electron chi connectivity index (χ2n) is 4.62. The number of hydrogen-bond donors (Lipinski definition) is 2. The standard InChI is InChI=1S/C15H18N2O5S2/c1-21-11-5-3-6-12(22-2)14(11)15(18)16-8-9-17-24(19,20)13-7-4-10-23-13/h3-7,10,17H,8-9H2,1-2H3,(H,16,18). The highest BCUT2D eigenvalue weighted by Gasteiger charge is 2.18. The summed E-state index contributed by atoms with van der Waals surface area (Å²) in [5, 5.41) is 4.33. The van der Waals surface area contributed by atoms with Gasteiger partial charge in [0.2, 0.25) is 10.0 Å². The van der Waals surface area contributed by atoms with Crippen LogP contribution in [0, 0.1) is 0 Å². The van der Waals surface area contributed by atoms with Crippen molar-refractivity contribution in [2.75, 3.05) is 27.3 Å². The zero-order chi connectivity index (χ0) is 17.6. The first-order valence-electron chi connectivity index (χ1n) is 7.02. The maximum absolute atomic E-state index is 12.3. The molecule has 24 heavy (non-hydrogen) atoms. The molecular weight excluding hydrogens is 352 g/mol. The number of rotatable bonds is 8. The van der Waals surface area contributed by atoms with E-state index in [9.17, 15) is 13.2 Å². The first kappa shape index (κ1) is 18.2. The monoisotopic (exact) mass is 370 g/mol. The van der Waals surface area contributed by atoms with Crippen molar-refractivity contribution in [1.29, 1.82) is 0 Å². The number of nitrogens with one attached hydrogen (secondary N) is 2. The van der Waals surface area contributed by atoms with Crippen LogP contribution in [0.25, 0.3) is 0 Å². The number of sulfonamides is 1. The Balaban J connectivity index is 1.95. The second kappa shape index (κ2) is 8.13. The van der Waals surface area contributed by atoms with Gasteiger partial charge in [-0.1, -0.05) is 12.1 Å². The zero-order valence-electron chi connectivity index (χ0n) is 13.2. The highest BCUT2D eigenvalue weighted by molar-refractivity contribution is 7.91. The van der Waals surface area contributed by atoms with E-state index in [1.54, 1.807) is 29.6 Å². The topological polar surface area (TPSA) is 93.7 Å². The number of benzene rings is 1. The molecule has 2 rings (SSSR count). The lowest BCUT2D eigenvalue weighted by atomic mass is 10.1. The predicted molar refractivity (Wildman–Crippen MR) is 91.4 cm³/mol. The molecule has 0 aliphatic heterocycles. The number of hydrogen-bond acceptors (Lipinski definition) is 6. The van der Waals surface area contributed by atoms with E-state index in [4.69, 9.17) is 9.47 Å². The van der Waals surface area contributed by atoms with Gasteiger partial charge >= 0.3 is 0 Å². The fraction of sp³-hybridized carbons (Fsp3) is 0.267. The molecule has 1 aromatic heterocycles. The Hall–Kier alpha value is -2.10. The summed E-state index contributed by atoms with van der Waals surface area (Å²) >= 11 is 1.13. The Labute approximate surface area is 144 Å². The number of methoxy groups -OCH3 is 2. The van der Waals surface area contributed by atoms with Crippen molar-refractivity contribution in [3.63, 3.8) is 0 Å². The van der Waals surface area contributed by atoms with Gasteiger partial charge < -0.3 is 14.8 Å². The van der Waals surface area contributed by atoms with E-state index in [-0.39, 0.29) is 22.9 Å². The van der Waals surface area contributed by atoms with E-state index >= 15 is 0 Å². The van der Waals surface area contributed by atoms with Gasteiger partial charge in [0.25, 0.3) is 5.91 Å². The molecule has 0 unspecified atom stereocenters. The third-order valence-corrected chi connectivity index (χ3v) is 5.98. The second-order valence-corrected chi connectivity index (χ2v) is 7.56. The molecule has 0 aliphatic carbocycles. The summed E-state index contributed by atoms with van der Waals surface area (Å²) < 4.78 is 36.9. The number of carbonyl (C=O) groups excluding carboxylic acids is 1. The maximum Gasteiger partial charge on any atom is 0.258 e. The normalized spacial score (nSPS) is 11.1. The molecule has 1 amide bonds. The molecule has 1 aromatic carbocycles. The van der Waals surface area contributed by atoms with Crippen LogP contribution in [0.15, 0.2) is 39.9 Å². The van der Waals surface area contributed by atoms with E-state index < -0.39 is 15.9 Å². The molecule has 1 heterocycles. The molecule has 0 atom stereocenters. The molecule has 130 valence electrons. The van der Waals surface area contributed by atoms with Gasteiger partial charge in [-0.05, 0) is 23.6 Å². The number of ether oxygens (including phenoxy) is 2. The van der Waals surface area contributed by atoms with Crippen LogP contribution in [0.1, 0.15) is 10.4 Å². The van der Waals surface area contributed by atoms with Crippen LogP contribution in [0.4, 0.5) is 0 Å². The fourth-order valence-electron chi connectivity index (χ4n) is 2.01. The van der Waals surface area contributed by atoms with Crippen molar-refractivity contribution in [3.05, 3.63) is 41.3 Å². The molecule has 9 heteroatoms. The van der Waals surface area contributed by atoms with E-state index in [0.29, 0.717) is 11.5 Å². The quantitative estimate of drug-likeness (QED) is 0.687. The van der Waals surface area contributed by atoms with Crippen LogP contribution in [0.3, 0.4) is 0 Å². The van der Waals surface area contributed by atoms with Crippen molar-refractivity contribution in [2.24, 2.45) is 0 Å². The zero-order valence-corrected chi connectivity index (χ0v) is 14.9. The summed E-state index contributed by atoms with van der Waals surface area (Å²) in [6.45, 7) is 0.202. The summed E-state index contributed by atoms with van der Waals surface area (Å²) in [5.74, 6) is 0.358. The van der Waals surface area contributed by atoms with Gasteiger partial charge in [0.05, 0.1) is 14.2 Å². The fourth-order valence-corrected chi connectivity index (χ4v) is 4.08. The van der Waals surface area contributed by atoms with Gasteiger partial charge in [-0.2, -0.15) is 0 Å². The molecule has 0 spiro atoms. The van der Waals surface area contributed by atoms with Crippen molar-refractivity contribution < 1.29 is 22.7 Å². The van der Waals surface area contributed by atoms with Gasteiger partial charge in [-0.15, -0.1) is 11.3 Å². The molecule has 0 radical (unpaired) electrons. The van der Waals surface area contributed by atoms with Gasteiger partial charge in [-0.3, -0.25) is 4.79 Å². The smallest absolute Gasteiger partial charge is 0.258 e. The van der Waals surface area contributed by atoms with Gasteiger partial charge in [-0.25, -0.2) is 13.1 Å². The molecule has 2 N–H and O–H groups in total. The SMILES string of the molecule is COc1cccc(OC)c1C(=O)NCCNS(=O)(=O)c1cccs1. The lowest BCUT2D eigenvalue weighted by molar-refractivity contribution is 0.0948. The highest BCUT2D eigenvalue weighted by atomic mass is 32.2. The largest absolute Gasteiger partial charge is 0.496 e. The molecule has 0 saturated carbocycles. The van der Waals surface area contributed by atoms with Crippen LogP contribution in [0.2, 0.25) is 0 Å². The Morgan fingerprint density at radius 1 is 1.08 bits per heavy atom. The van der Waals surface area contributed by atoms with Crippen LogP contribution in [0.5, 0.6) is 11.5 Å². The molecule has 2 aromatic rings. The van der Waals surface area contributed by atoms with Crippen LogP contribution in [-0.2, 0) is 10.0 Å². The Morgan fingerprint density at radius 3 is 2.29 bits per heavy atom. The van der Waals surface area contributed by atoms with Crippen molar-refractivity contribution >= 4 is 27.3 Å². The molecule has 0 aliphatic rings. The van der Waals surface area contributed by atoms with Crippen molar-refractivity contribution in [1.82, 2.24) is 10.0 Å². The van der Waals surface area contributed by atoms with Gasteiger partial charge in [0.15, 0.2) is 0 Å². The molecule has 0 bridgehead atoms. The Kier molecular flexibility index (Phi) is 6.18. The summed E-state index contributed by atoms with van der Waals surface area (Å²) in [6.07, 6.45) is 0. The van der Waals surface area contributed by atoms with E-state index in [1.165, 1.54) is 20.3 Å². The van der Waals surface area contributed by atoms with Crippen molar-refractivity contribution in [2.45, 2.75) is 4.21 Å². The number of thiophene rings is 1. The molecular formula is C15H18N2O5S2. The third-order valence-electron chi connectivity index (χ3n) is 3.12. The van der Waals surface area contributed by atoms with Gasteiger partial charge in [0, 0.05) is 13.1 Å². The average Bonchev–Trinajstić information content (AvgIpc) is 3.13. The highest BCUT2D eigenvalue weighted by Crippen LogP contribution is 2.27. The molecule has 7 nitrogen and oxygen atoms in total. The van der Waals surface area contributed by atoms with E-state index in [2.05, 4.69) is 10.0 Å². The van der Waals surface area contributed by atoms with Gasteiger partial charge in [0.1, 0.15) is 21.3 Å². The van der Waals surface area contributed by atoms with E-state index in [1.807, 2.05) is 0 Å². The summed E-state index contributed by atoms with van der Waals surface area (Å²) in [4.78, 5) is 12.3. The first-order chi connectivity index (χ1) is 11.5. The Bertz CT molecular complexity index is 766. The number of amides is 1. The average molecular weight is 370 g/mol. The molecule has 0 fully saturated rings. The summed E-state index contributed by atoms with van der Waals surface area (Å²) in [7, 11) is -0.619. The number of carbonyl (C=O) groups is 1. The van der Waals surface area contributed by atoms with Crippen LogP contribution in [-0.4, -0.2) is 41.6 Å². The minimum absolute atomic E-state index is 0.0729. The minimum Gasteiger partial charge on any atom is -0.496 e. The lowest BCUT2D eigenvalue weighted by Gasteiger charge is -2.13. The minimum atomic E-state index is -3.54. The van der Waals surface area contributed by atoms with E-state index in [0.717, 1.165) is 11.3 Å². The lowest BCUT2D eigenvalue weighted by Crippen LogP contribution is -2.34. The maximum atomic E-state index is 12.3. The molecule has 0 saturated heterocycles. The van der Waals surface area contributed by atoms with Crippen LogP contribution < -0.4 is 19.5 Å².